The third-order valence-corrected chi connectivity index (χ3v) is 2.84. The van der Waals surface area contributed by atoms with Crippen LogP contribution in [0.2, 0.25) is 0 Å². The van der Waals surface area contributed by atoms with Gasteiger partial charge in [0.25, 0.3) is 0 Å². The molecule has 0 saturated carbocycles. The van der Waals surface area contributed by atoms with Crippen molar-refractivity contribution in [2.75, 3.05) is 0 Å². The highest BCUT2D eigenvalue weighted by atomic mass is 16.7. The number of rotatable bonds is 1. The molecule has 0 unspecified atom stereocenters. The molecule has 0 atom stereocenters. The van der Waals surface area contributed by atoms with Crippen LogP contribution in [0.1, 0.15) is 0 Å². The number of hydrogen-bond acceptors (Lipinski definition) is 5. The van der Waals surface area contributed by atoms with E-state index in [1.165, 1.54) is 6.20 Å². The summed E-state index contributed by atoms with van der Waals surface area (Å²) < 4.78 is 0. The molecule has 21 heavy (non-hydrogen) atoms. The van der Waals surface area contributed by atoms with Gasteiger partial charge in [0.1, 0.15) is 16.6 Å². The zero-order valence-corrected chi connectivity index (χ0v) is 10.7. The highest BCUT2D eigenvalue weighted by molar-refractivity contribution is 5.77. The molecule has 8 nitrogen and oxygen atoms in total. The molecule has 0 amide bonds. The van der Waals surface area contributed by atoms with Gasteiger partial charge in [-0.1, -0.05) is 24.3 Å². The first-order valence-electron chi connectivity index (χ1n) is 6.08. The van der Waals surface area contributed by atoms with Crippen molar-refractivity contribution in [1.29, 1.82) is 0 Å². The molecule has 4 rings (SSSR count). The number of H-pyrrole nitrogens is 1. The standard InChI is InChI=1S/C7H5N3O2.C6H5N3/c11-10(12)9-7-4-2-1-3-6(7)5-8-9;1-2-4-6-5(3-1)7-9-8-6/h1-5H;1-4H,(H,7,8,9). The van der Waals surface area contributed by atoms with Gasteiger partial charge in [-0.3, -0.25) is 0 Å². The maximum atomic E-state index is 10.4. The molecule has 8 heteroatoms. The lowest BCUT2D eigenvalue weighted by Gasteiger charge is -1.91. The molecule has 0 aliphatic carbocycles. The maximum absolute atomic E-state index is 10.4. The van der Waals surface area contributed by atoms with Crippen LogP contribution in [-0.2, 0) is 0 Å². The monoisotopic (exact) mass is 282 g/mol. The minimum atomic E-state index is -0.553. The first kappa shape index (κ1) is 12.7. The summed E-state index contributed by atoms with van der Waals surface area (Å²) in [6, 6.07) is 14.7. The predicted molar refractivity (Wildman–Crippen MR) is 76.0 cm³/mol. The van der Waals surface area contributed by atoms with Gasteiger partial charge in [-0.25, -0.2) is 0 Å². The molecule has 0 aliphatic heterocycles. The van der Waals surface area contributed by atoms with Crippen LogP contribution in [0.25, 0.3) is 21.9 Å². The third kappa shape index (κ3) is 2.54. The Hall–Kier alpha value is -3.29. The molecule has 0 radical (unpaired) electrons. The second-order valence-electron chi connectivity index (χ2n) is 4.14. The molecular formula is C13H10N6O2. The van der Waals surface area contributed by atoms with Crippen molar-refractivity contribution >= 4 is 21.9 Å². The number of aromatic amines is 1. The van der Waals surface area contributed by atoms with Crippen molar-refractivity contribution in [1.82, 2.24) is 25.3 Å². The number of hydrogen-bond donors (Lipinski definition) is 1. The zero-order chi connectivity index (χ0) is 14.7. The molecule has 0 saturated heterocycles. The normalized spacial score (nSPS) is 10.3. The molecule has 2 aromatic carbocycles. The van der Waals surface area contributed by atoms with Crippen molar-refractivity contribution in [3.05, 3.63) is 64.8 Å². The first-order valence-corrected chi connectivity index (χ1v) is 6.08. The molecule has 4 aromatic rings. The van der Waals surface area contributed by atoms with Gasteiger partial charge < -0.3 is 10.1 Å². The van der Waals surface area contributed by atoms with Crippen molar-refractivity contribution in [3.8, 4) is 0 Å². The van der Waals surface area contributed by atoms with Crippen molar-refractivity contribution in [2.45, 2.75) is 0 Å². The van der Waals surface area contributed by atoms with Crippen molar-refractivity contribution < 1.29 is 5.03 Å². The van der Waals surface area contributed by atoms with E-state index in [-0.39, 0.29) is 0 Å². The average Bonchev–Trinajstić information content (AvgIpc) is 3.14. The average molecular weight is 282 g/mol. The van der Waals surface area contributed by atoms with E-state index in [0.717, 1.165) is 21.2 Å². The highest BCUT2D eigenvalue weighted by Gasteiger charge is 2.08. The Morgan fingerprint density at radius 2 is 1.62 bits per heavy atom. The van der Waals surface area contributed by atoms with Crippen LogP contribution >= 0.6 is 0 Å². The van der Waals surface area contributed by atoms with Gasteiger partial charge >= 0.3 is 0 Å². The Kier molecular flexibility index (Phi) is 3.26. The Morgan fingerprint density at radius 3 is 2.29 bits per heavy atom. The van der Waals surface area contributed by atoms with Gasteiger partial charge in [-0.2, -0.15) is 15.4 Å². The molecule has 0 bridgehead atoms. The smallest absolute Gasteiger partial charge is 0.175 e. The van der Waals surface area contributed by atoms with E-state index in [0.29, 0.717) is 5.52 Å². The summed E-state index contributed by atoms with van der Waals surface area (Å²) in [5, 5.41) is 24.5. The van der Waals surface area contributed by atoms with Crippen molar-refractivity contribution in [2.24, 2.45) is 0 Å². The van der Waals surface area contributed by atoms with Crippen molar-refractivity contribution in [3.63, 3.8) is 0 Å². The highest BCUT2D eigenvalue weighted by Crippen LogP contribution is 2.11. The minimum Gasteiger partial charge on any atom is -0.339 e. The van der Waals surface area contributed by atoms with E-state index in [2.05, 4.69) is 20.5 Å². The SMILES string of the molecule is O=[N+]([O-])n1ncc2ccccc21.c1ccc2n[nH]nc2c1. The Balaban J connectivity index is 0.000000131. The van der Waals surface area contributed by atoms with E-state index in [9.17, 15) is 10.1 Å². The number of nitrogens with one attached hydrogen (secondary N) is 1. The Labute approximate surface area is 118 Å². The van der Waals surface area contributed by atoms with Crippen LogP contribution in [-0.4, -0.2) is 30.3 Å². The van der Waals surface area contributed by atoms with E-state index < -0.39 is 5.03 Å². The second-order valence-corrected chi connectivity index (χ2v) is 4.14. The summed E-state index contributed by atoms with van der Waals surface area (Å²) in [5.41, 5.74) is 2.34. The van der Waals surface area contributed by atoms with Crippen LogP contribution in [0.5, 0.6) is 0 Å². The number of nitro groups is 1. The number of nitrogens with zero attached hydrogens (tertiary/aromatic N) is 5. The molecular weight excluding hydrogens is 272 g/mol. The minimum absolute atomic E-state index is 0.516. The fourth-order valence-electron chi connectivity index (χ4n) is 1.87. The molecule has 0 spiro atoms. The second kappa shape index (κ2) is 5.37. The lowest BCUT2D eigenvalue weighted by Crippen LogP contribution is -2.09. The van der Waals surface area contributed by atoms with E-state index in [1.807, 2.05) is 30.3 Å². The predicted octanol–water partition coefficient (Wildman–Crippen LogP) is 2.03. The maximum Gasteiger partial charge on any atom is 0.175 e. The van der Waals surface area contributed by atoms with Crippen LogP contribution in [0.3, 0.4) is 0 Å². The summed E-state index contributed by atoms with van der Waals surface area (Å²) in [6.45, 7) is 0. The summed E-state index contributed by atoms with van der Waals surface area (Å²) >= 11 is 0. The fourth-order valence-corrected chi connectivity index (χ4v) is 1.87. The zero-order valence-electron chi connectivity index (χ0n) is 10.7. The summed E-state index contributed by atoms with van der Waals surface area (Å²) in [5.74, 6) is 0. The molecule has 104 valence electrons. The number of aromatic nitrogens is 5. The van der Waals surface area contributed by atoms with Crippen LogP contribution in [0.4, 0.5) is 0 Å². The quantitative estimate of drug-likeness (QED) is 0.425. The van der Waals surface area contributed by atoms with Gasteiger partial charge in [0, 0.05) is 9.89 Å². The number of benzene rings is 2. The summed E-state index contributed by atoms with van der Waals surface area (Å²) in [7, 11) is 0. The van der Waals surface area contributed by atoms with Gasteiger partial charge in [0.15, 0.2) is 6.20 Å². The topological polar surface area (TPSA) is 103 Å². The van der Waals surface area contributed by atoms with E-state index in [4.69, 9.17) is 0 Å². The molecule has 2 heterocycles. The lowest BCUT2D eigenvalue weighted by molar-refractivity contribution is -0.548. The van der Waals surface area contributed by atoms with E-state index >= 15 is 0 Å². The molecule has 0 aliphatic rings. The van der Waals surface area contributed by atoms with Gasteiger partial charge in [-0.05, 0) is 24.3 Å². The lowest BCUT2D eigenvalue weighted by atomic mass is 10.3. The molecule has 0 fully saturated rings. The third-order valence-electron chi connectivity index (χ3n) is 2.84. The Bertz CT molecular complexity index is 867. The van der Waals surface area contributed by atoms with Gasteiger partial charge in [-0.15, -0.1) is 0 Å². The fraction of sp³-hybridized carbons (Fsp3) is 0. The van der Waals surface area contributed by atoms with Crippen LogP contribution < -0.4 is 0 Å². The van der Waals surface area contributed by atoms with Crippen LogP contribution in [0, 0.1) is 10.1 Å². The van der Waals surface area contributed by atoms with E-state index in [1.54, 1.807) is 18.2 Å². The largest absolute Gasteiger partial charge is 0.339 e. The van der Waals surface area contributed by atoms with Gasteiger partial charge in [0.05, 0.1) is 10.4 Å². The summed E-state index contributed by atoms with van der Waals surface area (Å²) in [6.07, 6.45) is 1.47. The first-order chi connectivity index (χ1) is 10.3. The molecule has 2 aromatic heterocycles. The van der Waals surface area contributed by atoms with Gasteiger partial charge in [0.2, 0.25) is 0 Å². The Morgan fingerprint density at radius 1 is 1.00 bits per heavy atom. The summed E-state index contributed by atoms with van der Waals surface area (Å²) in [4.78, 5) is 11.1. The molecule has 1 N–H and O–H groups in total. The van der Waals surface area contributed by atoms with Crippen LogP contribution in [0.15, 0.2) is 54.7 Å². The number of para-hydroxylation sites is 3. The number of fused-ring (bicyclic) bond motifs is 2.